The monoisotopic (exact) mass is 215 g/mol. The van der Waals surface area contributed by atoms with Gasteiger partial charge in [0, 0.05) is 15.6 Å². The summed E-state index contributed by atoms with van der Waals surface area (Å²) in [6.45, 7) is 0. The lowest BCUT2D eigenvalue weighted by atomic mass is 10.1. The fraction of sp³-hybridized carbons (Fsp3) is 0.400. The van der Waals surface area contributed by atoms with E-state index in [1.54, 1.807) is 6.07 Å². The van der Waals surface area contributed by atoms with Crippen LogP contribution in [0, 0.1) is 0 Å². The van der Waals surface area contributed by atoms with E-state index in [4.69, 9.17) is 28.9 Å². The van der Waals surface area contributed by atoms with Crippen molar-refractivity contribution in [1.29, 1.82) is 0 Å². The van der Waals surface area contributed by atoms with E-state index in [-0.39, 0.29) is 5.54 Å². The summed E-state index contributed by atoms with van der Waals surface area (Å²) in [5.41, 5.74) is 7.15. The Balaban J connectivity index is 2.20. The normalized spacial score (nSPS) is 18.7. The van der Waals surface area contributed by atoms with Crippen molar-refractivity contribution in [2.45, 2.75) is 24.8 Å². The smallest absolute Gasteiger partial charge is 0.0423 e. The fourth-order valence-corrected chi connectivity index (χ4v) is 2.03. The number of rotatable bonds is 2. The lowest BCUT2D eigenvalue weighted by Crippen LogP contribution is -2.24. The molecule has 0 saturated heterocycles. The van der Waals surface area contributed by atoms with Crippen molar-refractivity contribution in [3.8, 4) is 0 Å². The van der Waals surface area contributed by atoms with E-state index in [0.717, 1.165) is 24.8 Å². The summed E-state index contributed by atoms with van der Waals surface area (Å²) in [7, 11) is 0. The van der Waals surface area contributed by atoms with Crippen LogP contribution in [0.1, 0.15) is 18.4 Å². The largest absolute Gasteiger partial charge is 0.325 e. The molecule has 1 fully saturated rings. The maximum atomic E-state index is 5.99. The first-order valence-corrected chi connectivity index (χ1v) is 5.07. The molecule has 1 aliphatic rings. The molecule has 1 aliphatic carbocycles. The maximum Gasteiger partial charge on any atom is 0.0423 e. The van der Waals surface area contributed by atoms with Crippen LogP contribution in [-0.2, 0) is 6.42 Å². The van der Waals surface area contributed by atoms with E-state index in [2.05, 4.69) is 0 Å². The topological polar surface area (TPSA) is 26.0 Å². The molecule has 0 spiro atoms. The molecule has 13 heavy (non-hydrogen) atoms. The molecule has 1 saturated carbocycles. The van der Waals surface area contributed by atoms with Crippen LogP contribution in [0.5, 0.6) is 0 Å². The zero-order valence-corrected chi connectivity index (χ0v) is 8.70. The first-order valence-electron chi connectivity index (χ1n) is 4.31. The van der Waals surface area contributed by atoms with Gasteiger partial charge in [-0.1, -0.05) is 23.2 Å². The van der Waals surface area contributed by atoms with Crippen molar-refractivity contribution < 1.29 is 0 Å². The van der Waals surface area contributed by atoms with Crippen LogP contribution in [0.4, 0.5) is 0 Å². The third kappa shape index (κ3) is 2.37. The Morgan fingerprint density at radius 1 is 1.15 bits per heavy atom. The molecule has 0 radical (unpaired) electrons. The average molecular weight is 216 g/mol. The predicted molar refractivity (Wildman–Crippen MR) is 56.3 cm³/mol. The zero-order valence-electron chi connectivity index (χ0n) is 7.19. The van der Waals surface area contributed by atoms with Gasteiger partial charge in [0.1, 0.15) is 0 Å². The number of benzene rings is 1. The van der Waals surface area contributed by atoms with E-state index < -0.39 is 0 Å². The highest BCUT2D eigenvalue weighted by Gasteiger charge is 2.37. The Morgan fingerprint density at radius 3 is 2.15 bits per heavy atom. The van der Waals surface area contributed by atoms with Crippen molar-refractivity contribution >= 4 is 23.2 Å². The summed E-state index contributed by atoms with van der Waals surface area (Å²) in [6.07, 6.45) is 3.10. The quantitative estimate of drug-likeness (QED) is 0.807. The summed E-state index contributed by atoms with van der Waals surface area (Å²) in [5.74, 6) is 0. The molecule has 1 aromatic rings. The Bertz CT molecular complexity index is 311. The van der Waals surface area contributed by atoms with E-state index in [1.165, 1.54) is 0 Å². The standard InChI is InChI=1S/C10H11Cl2N/c11-8-3-7(4-9(12)5-8)6-10(13)1-2-10/h3-5H,1-2,6,13H2. The van der Waals surface area contributed by atoms with Crippen molar-refractivity contribution in [1.82, 2.24) is 0 Å². The van der Waals surface area contributed by atoms with Crippen molar-refractivity contribution in [3.63, 3.8) is 0 Å². The first-order chi connectivity index (χ1) is 6.07. The Kier molecular flexibility index (Phi) is 2.26. The molecule has 0 aromatic heterocycles. The van der Waals surface area contributed by atoms with Gasteiger partial charge >= 0.3 is 0 Å². The molecular weight excluding hydrogens is 205 g/mol. The van der Waals surface area contributed by atoms with Gasteiger partial charge in [-0.25, -0.2) is 0 Å². The number of hydrogen-bond donors (Lipinski definition) is 1. The highest BCUT2D eigenvalue weighted by atomic mass is 35.5. The third-order valence-electron chi connectivity index (χ3n) is 2.37. The van der Waals surface area contributed by atoms with Crippen LogP contribution < -0.4 is 5.73 Å². The van der Waals surface area contributed by atoms with E-state index >= 15 is 0 Å². The van der Waals surface area contributed by atoms with Crippen molar-refractivity contribution in [3.05, 3.63) is 33.8 Å². The van der Waals surface area contributed by atoms with E-state index in [9.17, 15) is 0 Å². The molecule has 70 valence electrons. The molecule has 0 amide bonds. The molecule has 1 nitrogen and oxygen atoms in total. The summed E-state index contributed by atoms with van der Waals surface area (Å²) < 4.78 is 0. The van der Waals surface area contributed by atoms with Gasteiger partial charge in [-0.3, -0.25) is 0 Å². The van der Waals surface area contributed by atoms with Gasteiger partial charge in [0.15, 0.2) is 0 Å². The maximum absolute atomic E-state index is 5.99. The summed E-state index contributed by atoms with van der Waals surface area (Å²) in [4.78, 5) is 0. The van der Waals surface area contributed by atoms with Crippen LogP contribution in [0.25, 0.3) is 0 Å². The number of hydrogen-bond acceptors (Lipinski definition) is 1. The van der Waals surface area contributed by atoms with Crippen LogP contribution in [0.15, 0.2) is 18.2 Å². The van der Waals surface area contributed by atoms with Gasteiger partial charge in [-0.15, -0.1) is 0 Å². The second-order valence-corrected chi connectivity index (χ2v) is 4.69. The molecule has 3 heteroatoms. The van der Waals surface area contributed by atoms with Gasteiger partial charge in [-0.2, -0.15) is 0 Å². The summed E-state index contributed by atoms with van der Waals surface area (Å²) >= 11 is 11.7. The Hall–Kier alpha value is -0.240. The fourth-order valence-electron chi connectivity index (χ4n) is 1.46. The summed E-state index contributed by atoms with van der Waals surface area (Å²) in [5, 5.41) is 1.37. The highest BCUT2D eigenvalue weighted by molar-refractivity contribution is 6.34. The van der Waals surface area contributed by atoms with Gasteiger partial charge < -0.3 is 5.73 Å². The van der Waals surface area contributed by atoms with E-state index in [1.807, 2.05) is 12.1 Å². The minimum atomic E-state index is 0.0218. The van der Waals surface area contributed by atoms with Crippen LogP contribution in [0.2, 0.25) is 10.0 Å². The minimum absolute atomic E-state index is 0.0218. The lowest BCUT2D eigenvalue weighted by molar-refractivity contribution is 0.672. The predicted octanol–water partition coefficient (Wildman–Crippen LogP) is 3.03. The van der Waals surface area contributed by atoms with Crippen molar-refractivity contribution in [2.75, 3.05) is 0 Å². The molecular formula is C10H11Cl2N. The lowest BCUT2D eigenvalue weighted by Gasteiger charge is -2.08. The minimum Gasteiger partial charge on any atom is -0.325 e. The number of halogens is 2. The molecule has 1 aromatic carbocycles. The average Bonchev–Trinajstić information content (AvgIpc) is 2.64. The molecule has 0 aliphatic heterocycles. The Morgan fingerprint density at radius 2 is 1.69 bits per heavy atom. The molecule has 0 heterocycles. The Labute approximate surface area is 87.8 Å². The zero-order chi connectivity index (χ0) is 9.47. The molecule has 0 bridgehead atoms. The van der Waals surface area contributed by atoms with Gasteiger partial charge in [0.2, 0.25) is 0 Å². The highest BCUT2D eigenvalue weighted by Crippen LogP contribution is 2.36. The van der Waals surface area contributed by atoms with Crippen LogP contribution in [-0.4, -0.2) is 5.54 Å². The van der Waals surface area contributed by atoms with E-state index in [0.29, 0.717) is 10.0 Å². The second-order valence-electron chi connectivity index (χ2n) is 3.82. The second kappa shape index (κ2) is 3.16. The van der Waals surface area contributed by atoms with Gasteiger partial charge in [0.25, 0.3) is 0 Å². The molecule has 2 N–H and O–H groups in total. The van der Waals surface area contributed by atoms with Gasteiger partial charge in [-0.05, 0) is 43.0 Å². The molecule has 0 atom stereocenters. The number of nitrogens with two attached hydrogens (primary N) is 1. The third-order valence-corrected chi connectivity index (χ3v) is 2.81. The van der Waals surface area contributed by atoms with Crippen LogP contribution >= 0.6 is 23.2 Å². The van der Waals surface area contributed by atoms with Crippen molar-refractivity contribution in [2.24, 2.45) is 5.73 Å². The van der Waals surface area contributed by atoms with Gasteiger partial charge in [0.05, 0.1) is 0 Å². The summed E-state index contributed by atoms with van der Waals surface area (Å²) in [6, 6.07) is 5.60. The molecule has 2 rings (SSSR count). The SMILES string of the molecule is NC1(Cc2cc(Cl)cc(Cl)c2)CC1. The first kappa shape index (κ1) is 9.32. The van der Waals surface area contributed by atoms with Crippen LogP contribution in [0.3, 0.4) is 0 Å². The molecule has 0 unspecified atom stereocenters.